The third-order valence-corrected chi connectivity index (χ3v) is 6.09. The van der Waals surface area contributed by atoms with Crippen LogP contribution in [-0.4, -0.2) is 21.4 Å². The summed E-state index contributed by atoms with van der Waals surface area (Å²) in [7, 11) is -2.08. The minimum absolute atomic E-state index is 0.212. The lowest BCUT2D eigenvalue weighted by Crippen LogP contribution is -2.38. The molecule has 1 atom stereocenters. The van der Waals surface area contributed by atoms with Gasteiger partial charge in [-0.05, 0) is 42.0 Å². The quantitative estimate of drug-likeness (QED) is 0.614. The maximum absolute atomic E-state index is 12.5. The number of fused-ring (bicyclic) bond motifs is 1. The van der Waals surface area contributed by atoms with Crippen molar-refractivity contribution in [2.45, 2.75) is 11.1 Å². The van der Waals surface area contributed by atoms with Gasteiger partial charge in [-0.15, -0.1) is 0 Å². The Morgan fingerprint density at radius 2 is 1.66 bits per heavy atom. The van der Waals surface area contributed by atoms with Gasteiger partial charge in [0.15, 0.2) is 0 Å². The summed E-state index contributed by atoms with van der Waals surface area (Å²) in [4.78, 5) is 12.8. The molecule has 0 unspecified atom stereocenters. The zero-order valence-corrected chi connectivity index (χ0v) is 16.4. The van der Waals surface area contributed by atoms with Crippen molar-refractivity contribution in [2.24, 2.45) is 0 Å². The minimum atomic E-state index is -3.62. The van der Waals surface area contributed by atoms with E-state index in [0.29, 0.717) is 28.3 Å². The standard InChI is InChI=1S/C21H19N3O4S/c1-28-18-8-4-2-6-16(18)23-21(25)15-12-10-14(11-13-15)20-22-17-7-3-5-9-19(17)29(26,27)24-20/h2-13,20,22,24H,1H3,(H,23,25)/t20-/m1/s1. The van der Waals surface area contributed by atoms with Crippen LogP contribution in [0.3, 0.4) is 0 Å². The molecule has 0 spiro atoms. The molecule has 1 aliphatic rings. The molecule has 1 aliphatic heterocycles. The van der Waals surface area contributed by atoms with E-state index in [9.17, 15) is 13.2 Å². The Labute approximate surface area is 168 Å². The van der Waals surface area contributed by atoms with Crippen LogP contribution in [-0.2, 0) is 10.0 Å². The molecule has 7 nitrogen and oxygen atoms in total. The maximum Gasteiger partial charge on any atom is 0.255 e. The monoisotopic (exact) mass is 409 g/mol. The molecule has 0 aliphatic carbocycles. The highest BCUT2D eigenvalue weighted by Crippen LogP contribution is 2.31. The van der Waals surface area contributed by atoms with Crippen LogP contribution in [0.1, 0.15) is 22.1 Å². The molecule has 3 aromatic rings. The zero-order chi connectivity index (χ0) is 20.4. The minimum Gasteiger partial charge on any atom is -0.495 e. The van der Waals surface area contributed by atoms with Crippen LogP contribution >= 0.6 is 0 Å². The number of rotatable bonds is 4. The Morgan fingerprint density at radius 1 is 0.966 bits per heavy atom. The Hall–Kier alpha value is -3.36. The van der Waals surface area contributed by atoms with Gasteiger partial charge in [0.25, 0.3) is 5.91 Å². The van der Waals surface area contributed by atoms with Gasteiger partial charge < -0.3 is 15.4 Å². The van der Waals surface area contributed by atoms with E-state index in [1.807, 2.05) is 6.07 Å². The molecule has 1 heterocycles. The summed E-state index contributed by atoms with van der Waals surface area (Å²) in [6, 6.07) is 20.6. The van der Waals surface area contributed by atoms with Crippen molar-refractivity contribution < 1.29 is 17.9 Å². The fraction of sp³-hybridized carbons (Fsp3) is 0.0952. The third kappa shape index (κ3) is 3.80. The largest absolute Gasteiger partial charge is 0.495 e. The summed E-state index contributed by atoms with van der Waals surface area (Å²) in [5.74, 6) is 0.278. The predicted molar refractivity (Wildman–Crippen MR) is 111 cm³/mol. The number of ether oxygens (including phenoxy) is 1. The molecule has 29 heavy (non-hydrogen) atoms. The van der Waals surface area contributed by atoms with Gasteiger partial charge in [0, 0.05) is 5.56 Å². The molecule has 3 N–H and O–H groups in total. The number of methoxy groups -OCH3 is 1. The van der Waals surface area contributed by atoms with E-state index >= 15 is 0 Å². The summed E-state index contributed by atoms with van der Waals surface area (Å²) in [5, 5.41) is 5.98. The predicted octanol–water partition coefficient (Wildman–Crippen LogP) is 3.35. The number of carbonyl (C=O) groups is 1. The first-order valence-electron chi connectivity index (χ1n) is 8.90. The highest BCUT2D eigenvalue weighted by atomic mass is 32.2. The lowest BCUT2D eigenvalue weighted by molar-refractivity contribution is 0.102. The average molecular weight is 409 g/mol. The molecule has 0 saturated carbocycles. The number of carbonyl (C=O) groups excluding carboxylic acids is 1. The molecule has 148 valence electrons. The molecular weight excluding hydrogens is 390 g/mol. The number of hydrogen-bond acceptors (Lipinski definition) is 5. The topological polar surface area (TPSA) is 96.5 Å². The first-order chi connectivity index (χ1) is 14.0. The van der Waals surface area contributed by atoms with E-state index in [2.05, 4.69) is 15.4 Å². The van der Waals surface area contributed by atoms with Gasteiger partial charge in [0.05, 0.1) is 18.5 Å². The fourth-order valence-corrected chi connectivity index (χ4v) is 4.45. The molecule has 1 amide bonds. The van der Waals surface area contributed by atoms with E-state index < -0.39 is 16.2 Å². The summed E-state index contributed by atoms with van der Waals surface area (Å²) >= 11 is 0. The SMILES string of the molecule is COc1ccccc1NC(=O)c1ccc([C@@H]2Nc3ccccc3S(=O)(=O)N2)cc1. The van der Waals surface area contributed by atoms with Crippen LogP contribution in [0.15, 0.2) is 77.7 Å². The first-order valence-corrected chi connectivity index (χ1v) is 10.4. The van der Waals surface area contributed by atoms with Gasteiger partial charge in [-0.1, -0.05) is 36.4 Å². The second-order valence-corrected chi connectivity index (χ2v) is 8.15. The number of benzene rings is 3. The van der Waals surface area contributed by atoms with Crippen LogP contribution in [0.4, 0.5) is 11.4 Å². The van der Waals surface area contributed by atoms with Crippen molar-refractivity contribution in [2.75, 3.05) is 17.7 Å². The average Bonchev–Trinajstić information content (AvgIpc) is 2.74. The Bertz CT molecular complexity index is 1160. The van der Waals surface area contributed by atoms with Crippen LogP contribution in [0.25, 0.3) is 0 Å². The lowest BCUT2D eigenvalue weighted by Gasteiger charge is -2.28. The molecule has 0 fully saturated rings. The molecule has 0 saturated heterocycles. The summed E-state index contributed by atoms with van der Waals surface area (Å²) in [5.41, 5.74) is 2.24. The number of hydrogen-bond donors (Lipinski definition) is 3. The third-order valence-electron chi connectivity index (χ3n) is 4.61. The van der Waals surface area contributed by atoms with Crippen LogP contribution in [0.5, 0.6) is 5.75 Å². The zero-order valence-electron chi connectivity index (χ0n) is 15.5. The molecule has 0 aromatic heterocycles. The van der Waals surface area contributed by atoms with Crippen LogP contribution in [0, 0.1) is 0 Å². The summed E-state index contributed by atoms with van der Waals surface area (Å²) < 4.78 is 32.8. The Kier molecular flexibility index (Phi) is 4.96. The molecule has 3 aromatic carbocycles. The van der Waals surface area contributed by atoms with Crippen molar-refractivity contribution in [3.63, 3.8) is 0 Å². The van der Waals surface area contributed by atoms with Gasteiger partial charge in [0.1, 0.15) is 16.8 Å². The van der Waals surface area contributed by atoms with E-state index in [1.165, 1.54) is 7.11 Å². The summed E-state index contributed by atoms with van der Waals surface area (Å²) in [6.45, 7) is 0. The van der Waals surface area contributed by atoms with Crippen molar-refractivity contribution in [1.29, 1.82) is 0 Å². The van der Waals surface area contributed by atoms with Gasteiger partial charge in [-0.3, -0.25) is 4.79 Å². The second kappa shape index (κ2) is 7.57. The van der Waals surface area contributed by atoms with E-state index in [4.69, 9.17) is 4.74 Å². The summed E-state index contributed by atoms with van der Waals surface area (Å²) in [6.07, 6.45) is -0.624. The number of nitrogens with one attached hydrogen (secondary N) is 3. The van der Waals surface area contributed by atoms with Crippen molar-refractivity contribution in [1.82, 2.24) is 4.72 Å². The van der Waals surface area contributed by atoms with Gasteiger partial charge in [0.2, 0.25) is 10.0 Å². The van der Waals surface area contributed by atoms with Gasteiger partial charge >= 0.3 is 0 Å². The highest BCUT2D eigenvalue weighted by Gasteiger charge is 2.29. The normalized spacial score (nSPS) is 16.9. The fourth-order valence-electron chi connectivity index (χ4n) is 3.14. The molecular formula is C21H19N3O4S. The van der Waals surface area contributed by atoms with Crippen molar-refractivity contribution >= 4 is 27.3 Å². The molecule has 4 rings (SSSR count). The van der Waals surface area contributed by atoms with Crippen molar-refractivity contribution in [3.05, 3.63) is 83.9 Å². The van der Waals surface area contributed by atoms with Crippen LogP contribution in [0.2, 0.25) is 0 Å². The molecule has 0 radical (unpaired) electrons. The molecule has 8 heteroatoms. The highest BCUT2D eigenvalue weighted by molar-refractivity contribution is 7.89. The van der Waals surface area contributed by atoms with Crippen LogP contribution < -0.4 is 20.1 Å². The number of para-hydroxylation sites is 3. The number of amides is 1. The van der Waals surface area contributed by atoms with E-state index in [1.54, 1.807) is 66.7 Å². The maximum atomic E-state index is 12.5. The van der Waals surface area contributed by atoms with Gasteiger partial charge in [-0.2, -0.15) is 4.72 Å². The van der Waals surface area contributed by atoms with Gasteiger partial charge in [-0.25, -0.2) is 8.42 Å². The Morgan fingerprint density at radius 3 is 2.41 bits per heavy atom. The van der Waals surface area contributed by atoms with E-state index in [-0.39, 0.29) is 10.8 Å². The smallest absolute Gasteiger partial charge is 0.255 e. The van der Waals surface area contributed by atoms with E-state index in [0.717, 1.165) is 0 Å². The molecule has 0 bridgehead atoms. The number of sulfonamides is 1. The number of anilines is 2. The van der Waals surface area contributed by atoms with Crippen molar-refractivity contribution in [3.8, 4) is 5.75 Å². The first kappa shape index (κ1) is 19.0. The Balaban J connectivity index is 1.53. The second-order valence-electron chi connectivity index (χ2n) is 6.47. The lowest BCUT2D eigenvalue weighted by atomic mass is 10.1.